The number of nitrogens with one attached hydrogen (secondary N) is 1. The minimum atomic E-state index is -0.321. The third-order valence-corrected chi connectivity index (χ3v) is 11.2. The molecule has 258 valence electrons. The molecule has 3 heteroatoms. The molecule has 0 aliphatic carbocycles. The van der Waals surface area contributed by atoms with Crippen LogP contribution in [0, 0.1) is 0 Å². The van der Waals surface area contributed by atoms with E-state index in [-0.39, 0.29) is 6.17 Å². The van der Waals surface area contributed by atoms with Crippen LogP contribution in [0.5, 0.6) is 0 Å². The van der Waals surface area contributed by atoms with Crippen LogP contribution in [-0.2, 0) is 0 Å². The number of hydrogen-bond donors (Lipinski definition) is 1. The molecular weight excluding hydrogens is 667 g/mol. The van der Waals surface area contributed by atoms with E-state index in [9.17, 15) is 0 Å². The van der Waals surface area contributed by atoms with Crippen LogP contribution in [0.3, 0.4) is 0 Å². The summed E-state index contributed by atoms with van der Waals surface area (Å²) in [6.07, 6.45) is 1.88. The van der Waals surface area contributed by atoms with Crippen molar-refractivity contribution in [3.05, 3.63) is 217 Å². The van der Waals surface area contributed by atoms with E-state index in [1.165, 1.54) is 65.3 Å². The number of hydrogen-bond acceptors (Lipinski definition) is 2. The highest BCUT2D eigenvalue weighted by Gasteiger charge is 2.25. The van der Waals surface area contributed by atoms with Gasteiger partial charge in [-0.3, -0.25) is 4.99 Å². The zero-order chi connectivity index (χ0) is 36.3. The molecule has 1 unspecified atom stereocenters. The van der Waals surface area contributed by atoms with E-state index in [1.54, 1.807) is 0 Å². The second-order valence-corrected chi connectivity index (χ2v) is 14.3. The highest BCUT2D eigenvalue weighted by molar-refractivity contribution is 6.37. The van der Waals surface area contributed by atoms with Crippen LogP contribution in [0.4, 0.5) is 0 Å². The molecule has 9 aromatic carbocycles. The Hall–Kier alpha value is -7.23. The third-order valence-electron chi connectivity index (χ3n) is 11.2. The van der Waals surface area contributed by atoms with Gasteiger partial charge in [0.1, 0.15) is 6.17 Å². The average molecular weight is 702 g/mol. The van der Waals surface area contributed by atoms with Crippen molar-refractivity contribution in [3.8, 4) is 16.8 Å². The average Bonchev–Trinajstić information content (AvgIpc) is 3.62. The summed E-state index contributed by atoms with van der Waals surface area (Å²) in [6, 6.07) is 69.8. The van der Waals surface area contributed by atoms with Gasteiger partial charge < -0.3 is 9.88 Å². The number of benzene rings is 9. The van der Waals surface area contributed by atoms with Gasteiger partial charge in [0.15, 0.2) is 0 Å². The van der Waals surface area contributed by atoms with Crippen LogP contribution in [0.1, 0.15) is 22.9 Å². The van der Waals surface area contributed by atoms with E-state index in [0.29, 0.717) is 0 Å². The molecule has 1 aliphatic heterocycles. The summed E-state index contributed by atoms with van der Waals surface area (Å²) in [5, 5.41) is 13.8. The number of aliphatic imine (C=N–C) groups is 1. The minimum absolute atomic E-state index is 0.321. The number of allylic oxidation sites excluding steroid dienone is 1. The number of fused-ring (bicyclic) bond motifs is 10. The Bertz CT molecular complexity index is 3140. The number of para-hydroxylation sites is 2. The van der Waals surface area contributed by atoms with Crippen LogP contribution >= 0.6 is 0 Å². The zero-order valence-corrected chi connectivity index (χ0v) is 30.0. The van der Waals surface area contributed by atoms with Crippen molar-refractivity contribution in [3.63, 3.8) is 0 Å². The van der Waals surface area contributed by atoms with Gasteiger partial charge >= 0.3 is 0 Å². The highest BCUT2D eigenvalue weighted by atomic mass is 15.1. The summed E-state index contributed by atoms with van der Waals surface area (Å²) < 4.78 is 2.45. The summed E-state index contributed by atoms with van der Waals surface area (Å²) in [4.78, 5) is 5.52. The highest BCUT2D eigenvalue weighted by Crippen LogP contribution is 2.46. The lowest BCUT2D eigenvalue weighted by Crippen LogP contribution is -2.25. The third kappa shape index (κ3) is 5.09. The molecule has 0 bridgehead atoms. The Kier molecular flexibility index (Phi) is 7.24. The number of rotatable bonds is 5. The van der Waals surface area contributed by atoms with Gasteiger partial charge in [0.25, 0.3) is 0 Å². The topological polar surface area (TPSA) is 29.3 Å². The predicted octanol–water partition coefficient (Wildman–Crippen LogP) is 13.0. The van der Waals surface area contributed by atoms with Crippen molar-refractivity contribution in [1.82, 2.24) is 9.88 Å². The Balaban J connectivity index is 1.19. The lowest BCUT2D eigenvalue weighted by Gasteiger charge is -2.27. The minimum Gasteiger partial charge on any atom is -0.359 e. The largest absolute Gasteiger partial charge is 0.359 e. The first kappa shape index (κ1) is 31.3. The van der Waals surface area contributed by atoms with Crippen molar-refractivity contribution in [2.75, 3.05) is 0 Å². The molecule has 2 heterocycles. The molecule has 11 rings (SSSR count). The first-order chi connectivity index (χ1) is 27.3. The maximum absolute atomic E-state index is 5.52. The van der Waals surface area contributed by atoms with E-state index in [0.717, 1.165) is 33.8 Å². The van der Waals surface area contributed by atoms with Gasteiger partial charge in [0.2, 0.25) is 0 Å². The van der Waals surface area contributed by atoms with Gasteiger partial charge in [-0.05, 0) is 74.1 Å². The van der Waals surface area contributed by atoms with Crippen LogP contribution in [0.15, 0.2) is 205 Å². The molecule has 10 aromatic rings. The molecular formula is C52H35N3. The molecule has 0 spiro atoms. The molecule has 0 amide bonds. The molecule has 1 aliphatic rings. The zero-order valence-electron chi connectivity index (χ0n) is 30.0. The van der Waals surface area contributed by atoms with Crippen molar-refractivity contribution in [2.24, 2.45) is 4.99 Å². The van der Waals surface area contributed by atoms with Gasteiger partial charge in [0.05, 0.1) is 16.7 Å². The summed E-state index contributed by atoms with van der Waals surface area (Å²) in [5.74, 6) is 0. The van der Waals surface area contributed by atoms with Crippen molar-refractivity contribution in [2.45, 2.75) is 6.17 Å². The molecule has 0 saturated heterocycles. The molecule has 3 nitrogen and oxygen atoms in total. The fourth-order valence-corrected chi connectivity index (χ4v) is 8.72. The first-order valence-electron chi connectivity index (χ1n) is 18.9. The Morgan fingerprint density at radius 3 is 1.69 bits per heavy atom. The molecule has 55 heavy (non-hydrogen) atoms. The fourth-order valence-electron chi connectivity index (χ4n) is 8.72. The van der Waals surface area contributed by atoms with Crippen molar-refractivity contribution in [1.29, 1.82) is 0 Å². The van der Waals surface area contributed by atoms with E-state index >= 15 is 0 Å². The molecule has 0 radical (unpaired) electrons. The fraction of sp³-hybridized carbons (Fsp3) is 0.0192. The van der Waals surface area contributed by atoms with Crippen LogP contribution in [0.25, 0.3) is 76.6 Å². The van der Waals surface area contributed by atoms with Gasteiger partial charge in [-0.15, -0.1) is 0 Å². The maximum Gasteiger partial charge on any atom is 0.146 e. The van der Waals surface area contributed by atoms with Crippen molar-refractivity contribution < 1.29 is 0 Å². The maximum atomic E-state index is 5.52. The van der Waals surface area contributed by atoms with Crippen molar-refractivity contribution >= 4 is 65.5 Å². The second-order valence-electron chi connectivity index (χ2n) is 14.3. The predicted molar refractivity (Wildman–Crippen MR) is 232 cm³/mol. The number of aromatic nitrogens is 1. The summed E-state index contributed by atoms with van der Waals surface area (Å²) >= 11 is 0. The van der Waals surface area contributed by atoms with Gasteiger partial charge in [-0.1, -0.05) is 170 Å². The van der Waals surface area contributed by atoms with E-state index in [4.69, 9.17) is 4.99 Å². The van der Waals surface area contributed by atoms with Crippen LogP contribution in [0.2, 0.25) is 0 Å². The number of nitrogens with zero attached hydrogens (tertiary/aromatic N) is 2. The Morgan fingerprint density at radius 2 is 0.964 bits per heavy atom. The SMILES string of the molecule is C1=C(c2ccccc2)NC(c2cc3c4ccccc4c4c(c5ccccc5n4-c4ccccc4)c3c3ccccc23)N=C1c1ccc(-c2ccccc2)cc1. The van der Waals surface area contributed by atoms with Gasteiger partial charge in [-0.25, -0.2) is 0 Å². The van der Waals surface area contributed by atoms with Crippen LogP contribution < -0.4 is 5.32 Å². The standard InChI is InChI=1S/C52H35N3/c1-4-16-34(17-5-1)35-28-30-37(31-29-35)47-33-46(36-18-6-2-7-19-36)53-52(54-47)45-32-44-40-23-11-13-25-42(40)51-50(49(44)41-24-12-10-22-39(41)45)43-26-14-15-27-48(43)55(51)38-20-8-3-9-21-38/h1-33,52-53H. The van der Waals surface area contributed by atoms with Gasteiger partial charge in [0, 0.05) is 38.5 Å². The summed E-state index contributed by atoms with van der Waals surface area (Å²) in [7, 11) is 0. The Labute approximate surface area is 319 Å². The quantitative estimate of drug-likeness (QED) is 0.178. The second kappa shape index (κ2) is 12.7. The molecule has 1 N–H and O–H groups in total. The first-order valence-corrected chi connectivity index (χ1v) is 18.9. The lowest BCUT2D eigenvalue weighted by atomic mass is 9.89. The smallest absolute Gasteiger partial charge is 0.146 e. The normalized spacial score (nSPS) is 14.4. The summed E-state index contributed by atoms with van der Waals surface area (Å²) in [5.41, 5.74) is 11.4. The van der Waals surface area contributed by atoms with E-state index in [1.807, 2.05) is 0 Å². The molecule has 1 aromatic heterocycles. The van der Waals surface area contributed by atoms with Crippen LogP contribution in [-0.4, -0.2) is 10.3 Å². The Morgan fingerprint density at radius 1 is 0.418 bits per heavy atom. The molecule has 1 atom stereocenters. The monoisotopic (exact) mass is 701 g/mol. The lowest BCUT2D eigenvalue weighted by molar-refractivity contribution is 0.670. The molecule has 0 saturated carbocycles. The van der Waals surface area contributed by atoms with Gasteiger partial charge in [-0.2, -0.15) is 0 Å². The van der Waals surface area contributed by atoms with E-state index < -0.39 is 0 Å². The summed E-state index contributed by atoms with van der Waals surface area (Å²) in [6.45, 7) is 0. The molecule has 0 fully saturated rings. The van der Waals surface area contributed by atoms with E-state index in [2.05, 4.69) is 210 Å².